The molecule has 0 spiro atoms. The first kappa shape index (κ1) is 23.0. The van der Waals surface area contributed by atoms with Crippen LogP contribution in [0.5, 0.6) is 5.75 Å². The SMILES string of the molecule is CC(C)(C)OC(=O)Cc1ccccc1OCc1cc(Br)cc(NSI)c1C=N. The molecule has 0 atom stereocenters. The predicted octanol–water partition coefficient (Wildman–Crippen LogP) is 6.32. The second-order valence-electron chi connectivity index (χ2n) is 7.01. The Kier molecular flexibility index (Phi) is 8.63. The molecule has 150 valence electrons. The summed E-state index contributed by atoms with van der Waals surface area (Å²) in [6.07, 6.45) is 1.45. The Bertz CT molecular complexity index is 856. The minimum Gasteiger partial charge on any atom is -0.489 e. The first-order valence-corrected chi connectivity index (χ1v) is 12.7. The highest BCUT2D eigenvalue weighted by atomic mass is 127. The van der Waals surface area contributed by atoms with E-state index < -0.39 is 5.60 Å². The van der Waals surface area contributed by atoms with Gasteiger partial charge in [-0.1, -0.05) is 34.1 Å². The fourth-order valence-corrected chi connectivity index (χ4v) is 4.04. The Morgan fingerprint density at radius 1 is 1.29 bits per heavy atom. The van der Waals surface area contributed by atoms with Gasteiger partial charge in [0.15, 0.2) is 0 Å². The van der Waals surface area contributed by atoms with E-state index >= 15 is 0 Å². The van der Waals surface area contributed by atoms with Crippen molar-refractivity contribution in [3.63, 3.8) is 0 Å². The molecule has 0 heterocycles. The van der Waals surface area contributed by atoms with Gasteiger partial charge in [0.05, 0.1) is 12.1 Å². The average Bonchev–Trinajstić information content (AvgIpc) is 2.59. The number of para-hydroxylation sites is 1. The summed E-state index contributed by atoms with van der Waals surface area (Å²) >= 11 is 5.65. The summed E-state index contributed by atoms with van der Waals surface area (Å²) in [6, 6.07) is 11.3. The molecule has 28 heavy (non-hydrogen) atoms. The zero-order valence-corrected chi connectivity index (χ0v) is 20.4. The highest BCUT2D eigenvalue weighted by molar-refractivity contribution is 14.2. The van der Waals surface area contributed by atoms with Gasteiger partial charge in [-0.15, -0.1) is 0 Å². The van der Waals surface area contributed by atoms with Crippen LogP contribution in [0.25, 0.3) is 0 Å². The average molecular weight is 577 g/mol. The topological polar surface area (TPSA) is 71.4 Å². The monoisotopic (exact) mass is 576 g/mol. The molecule has 2 aromatic carbocycles. The van der Waals surface area contributed by atoms with E-state index in [4.69, 9.17) is 14.9 Å². The van der Waals surface area contributed by atoms with E-state index in [0.29, 0.717) is 5.75 Å². The number of carbonyl (C=O) groups excluding carboxylic acids is 1. The number of halogens is 2. The van der Waals surface area contributed by atoms with Gasteiger partial charge in [0.25, 0.3) is 0 Å². The van der Waals surface area contributed by atoms with Crippen molar-refractivity contribution in [1.82, 2.24) is 0 Å². The van der Waals surface area contributed by atoms with Crippen LogP contribution >= 0.6 is 46.3 Å². The molecule has 2 aromatic rings. The van der Waals surface area contributed by atoms with E-state index in [9.17, 15) is 4.79 Å². The first-order chi connectivity index (χ1) is 13.2. The number of rotatable bonds is 8. The van der Waals surface area contributed by atoms with E-state index in [1.807, 2.05) is 57.2 Å². The number of hydrogen-bond acceptors (Lipinski definition) is 6. The van der Waals surface area contributed by atoms with E-state index in [-0.39, 0.29) is 19.0 Å². The number of carbonyl (C=O) groups is 1. The Morgan fingerprint density at radius 3 is 2.64 bits per heavy atom. The zero-order chi connectivity index (χ0) is 20.7. The van der Waals surface area contributed by atoms with E-state index in [2.05, 4.69) is 41.9 Å². The van der Waals surface area contributed by atoms with Crippen molar-refractivity contribution in [3.8, 4) is 5.75 Å². The van der Waals surface area contributed by atoms with Crippen molar-refractivity contribution < 1.29 is 14.3 Å². The summed E-state index contributed by atoms with van der Waals surface area (Å²) in [5.74, 6) is 0.332. The van der Waals surface area contributed by atoms with Crippen LogP contribution in [-0.4, -0.2) is 17.8 Å². The maximum atomic E-state index is 12.2. The second-order valence-corrected chi connectivity index (χ2v) is 9.60. The molecular weight excluding hydrogens is 555 g/mol. The van der Waals surface area contributed by atoms with Gasteiger partial charge in [-0.25, -0.2) is 0 Å². The molecule has 5 nitrogen and oxygen atoms in total. The van der Waals surface area contributed by atoms with Crippen molar-refractivity contribution in [1.29, 1.82) is 5.41 Å². The molecule has 0 unspecified atom stereocenters. The van der Waals surface area contributed by atoms with E-state index in [0.717, 1.165) is 26.9 Å². The molecule has 2 N–H and O–H groups in total. The maximum Gasteiger partial charge on any atom is 0.310 e. The summed E-state index contributed by atoms with van der Waals surface area (Å²) in [6.45, 7) is 5.81. The van der Waals surface area contributed by atoms with E-state index in [1.165, 1.54) is 15.3 Å². The molecular formula is C20H22BrIN2O3S. The largest absolute Gasteiger partial charge is 0.489 e. The van der Waals surface area contributed by atoms with Gasteiger partial charge in [0.2, 0.25) is 0 Å². The third kappa shape index (κ3) is 6.97. The van der Waals surface area contributed by atoms with Gasteiger partial charge in [-0.05, 0) is 39.0 Å². The van der Waals surface area contributed by atoms with Crippen LogP contribution in [0.1, 0.15) is 37.5 Å². The van der Waals surface area contributed by atoms with Crippen molar-refractivity contribution in [2.75, 3.05) is 4.72 Å². The number of esters is 1. The first-order valence-electron chi connectivity index (χ1n) is 8.52. The lowest BCUT2D eigenvalue weighted by Gasteiger charge is -2.20. The van der Waals surface area contributed by atoms with Crippen molar-refractivity contribution >= 4 is 64.1 Å². The molecule has 0 bridgehead atoms. The van der Waals surface area contributed by atoms with Crippen LogP contribution in [0.4, 0.5) is 5.69 Å². The van der Waals surface area contributed by atoms with Crippen molar-refractivity contribution in [3.05, 3.63) is 57.6 Å². The lowest BCUT2D eigenvalue weighted by atomic mass is 10.1. The molecule has 0 aliphatic rings. The summed E-state index contributed by atoms with van der Waals surface area (Å²) in [7, 11) is 1.43. The van der Waals surface area contributed by atoms with Gasteiger partial charge in [0, 0.05) is 57.7 Å². The predicted molar refractivity (Wildman–Crippen MR) is 128 cm³/mol. The lowest BCUT2D eigenvalue weighted by molar-refractivity contribution is -0.153. The summed E-state index contributed by atoms with van der Waals surface area (Å²) in [4.78, 5) is 12.2. The number of benzene rings is 2. The molecule has 0 aliphatic carbocycles. The molecule has 2 rings (SSSR count). The van der Waals surface area contributed by atoms with Crippen LogP contribution in [0.2, 0.25) is 0 Å². The number of ether oxygens (including phenoxy) is 2. The van der Waals surface area contributed by atoms with Gasteiger partial charge >= 0.3 is 5.97 Å². The standard InChI is InChI=1S/C20H22BrIN2O3S/c1-20(2,3)27-19(25)9-13-6-4-5-7-18(13)26-12-14-8-15(21)10-17(24-28-22)16(14)11-23/h4-8,10-11,23-24H,9,12H2,1-3H3. The zero-order valence-electron chi connectivity index (χ0n) is 15.8. The van der Waals surface area contributed by atoms with Gasteiger partial charge < -0.3 is 19.6 Å². The normalized spacial score (nSPS) is 11.0. The van der Waals surface area contributed by atoms with Gasteiger partial charge in [0.1, 0.15) is 18.0 Å². The quantitative estimate of drug-likeness (QED) is 0.166. The minimum atomic E-state index is -0.526. The van der Waals surface area contributed by atoms with Crippen LogP contribution in [-0.2, 0) is 22.6 Å². The smallest absolute Gasteiger partial charge is 0.310 e. The molecule has 0 saturated carbocycles. The highest BCUT2D eigenvalue weighted by Gasteiger charge is 2.18. The fraction of sp³-hybridized carbons (Fsp3) is 0.300. The molecule has 8 heteroatoms. The fourth-order valence-electron chi connectivity index (χ4n) is 2.57. The molecule has 0 aromatic heterocycles. The second kappa shape index (κ2) is 10.5. The molecule has 0 amide bonds. The number of anilines is 1. The number of nitrogens with one attached hydrogen (secondary N) is 2. The third-order valence-corrected chi connectivity index (χ3v) is 5.05. The van der Waals surface area contributed by atoms with Crippen LogP contribution in [0.3, 0.4) is 0 Å². The molecule has 0 radical (unpaired) electrons. The third-order valence-electron chi connectivity index (χ3n) is 3.63. The van der Waals surface area contributed by atoms with Gasteiger partial charge in [-0.2, -0.15) is 0 Å². The van der Waals surface area contributed by atoms with Crippen molar-refractivity contribution in [2.45, 2.75) is 39.4 Å². The van der Waals surface area contributed by atoms with Crippen LogP contribution in [0.15, 0.2) is 40.9 Å². The summed E-state index contributed by atoms with van der Waals surface area (Å²) in [5.41, 5.74) is 2.71. The Balaban J connectivity index is 2.20. The summed E-state index contributed by atoms with van der Waals surface area (Å²) < 4.78 is 15.5. The minimum absolute atomic E-state index is 0.141. The molecule has 0 saturated heterocycles. The molecule has 0 fully saturated rings. The van der Waals surface area contributed by atoms with Crippen LogP contribution in [0, 0.1) is 5.41 Å². The van der Waals surface area contributed by atoms with Crippen LogP contribution < -0.4 is 9.46 Å². The summed E-state index contributed by atoms with van der Waals surface area (Å²) in [5, 5.41) is 7.77. The highest BCUT2D eigenvalue weighted by Crippen LogP contribution is 2.29. The molecule has 0 aliphatic heterocycles. The number of hydrogen-bond donors (Lipinski definition) is 2. The van der Waals surface area contributed by atoms with Crippen molar-refractivity contribution in [2.24, 2.45) is 0 Å². The van der Waals surface area contributed by atoms with E-state index in [1.54, 1.807) is 0 Å². The Hall–Kier alpha value is -1.26. The Labute approximate surface area is 190 Å². The maximum absolute atomic E-state index is 12.2. The Morgan fingerprint density at radius 2 is 2.00 bits per heavy atom. The van der Waals surface area contributed by atoms with Gasteiger partial charge in [-0.3, -0.25) is 4.79 Å². The lowest BCUT2D eigenvalue weighted by Crippen LogP contribution is -2.25.